The van der Waals surface area contributed by atoms with Crippen LogP contribution in [0.25, 0.3) is 0 Å². The minimum Gasteiger partial charge on any atom is -0.411 e. The number of nitrogens with zero attached hydrogens (tertiary/aromatic N) is 1. The highest BCUT2D eigenvalue weighted by atomic mass is 28.4. The summed E-state index contributed by atoms with van der Waals surface area (Å²) in [7, 11) is 3.29. The molecule has 0 atom stereocenters. The summed E-state index contributed by atoms with van der Waals surface area (Å²) in [6, 6.07) is 3.80. The van der Waals surface area contributed by atoms with Gasteiger partial charge in [-0.05, 0) is 24.6 Å². The SMILES string of the molecule is CCCC[N+](C)(C)CCO[Si](CC)(CC)CC. The average Bonchev–Trinajstić information content (AvgIpc) is 2.33. The van der Waals surface area contributed by atoms with Crippen LogP contribution in [-0.2, 0) is 4.43 Å². The molecule has 0 aliphatic rings. The van der Waals surface area contributed by atoms with Crippen LogP contribution in [0, 0.1) is 0 Å². The van der Waals surface area contributed by atoms with Crippen molar-refractivity contribution < 1.29 is 8.91 Å². The Balaban J connectivity index is 4.02. The molecule has 0 spiro atoms. The molecular weight excluding hydrogens is 226 g/mol. The number of hydrogen-bond acceptors (Lipinski definition) is 1. The van der Waals surface area contributed by atoms with E-state index in [9.17, 15) is 0 Å². The molecule has 17 heavy (non-hydrogen) atoms. The summed E-state index contributed by atoms with van der Waals surface area (Å²) < 4.78 is 7.42. The summed E-state index contributed by atoms with van der Waals surface area (Å²) in [6.45, 7) is 12.6. The molecule has 0 heterocycles. The molecule has 0 aromatic heterocycles. The summed E-state index contributed by atoms with van der Waals surface area (Å²) in [5.74, 6) is 0. The Morgan fingerprint density at radius 2 is 1.41 bits per heavy atom. The molecule has 0 aliphatic carbocycles. The number of rotatable bonds is 10. The van der Waals surface area contributed by atoms with Gasteiger partial charge in [0.05, 0.1) is 27.2 Å². The highest BCUT2D eigenvalue weighted by Gasteiger charge is 2.29. The van der Waals surface area contributed by atoms with Gasteiger partial charge in [-0.3, -0.25) is 0 Å². The van der Waals surface area contributed by atoms with Gasteiger partial charge >= 0.3 is 0 Å². The summed E-state index contributed by atoms with van der Waals surface area (Å²) >= 11 is 0. The Morgan fingerprint density at radius 1 is 0.882 bits per heavy atom. The lowest BCUT2D eigenvalue weighted by Gasteiger charge is -2.33. The predicted octanol–water partition coefficient (Wildman–Crippen LogP) is 3.88. The standard InChI is InChI=1S/C14H34NOSi/c1-7-11-12-15(5,6)13-14-16-17(8-2,9-3)10-4/h7-14H2,1-6H3/q+1. The Bertz CT molecular complexity index is 182. The fourth-order valence-corrected chi connectivity index (χ4v) is 4.90. The van der Waals surface area contributed by atoms with Crippen molar-refractivity contribution in [3.63, 3.8) is 0 Å². The Labute approximate surface area is 110 Å². The van der Waals surface area contributed by atoms with E-state index in [1.165, 1.54) is 37.5 Å². The third kappa shape index (κ3) is 6.58. The van der Waals surface area contributed by atoms with Crippen LogP contribution in [0.5, 0.6) is 0 Å². The third-order valence-corrected chi connectivity index (χ3v) is 8.84. The summed E-state index contributed by atoms with van der Waals surface area (Å²) in [6.07, 6.45) is 2.62. The van der Waals surface area contributed by atoms with Crippen molar-refractivity contribution in [3.05, 3.63) is 0 Å². The molecule has 0 unspecified atom stereocenters. The van der Waals surface area contributed by atoms with Gasteiger partial charge in [-0.1, -0.05) is 34.1 Å². The monoisotopic (exact) mass is 260 g/mol. The number of unbranched alkanes of at least 4 members (excludes halogenated alkanes) is 1. The van der Waals surface area contributed by atoms with E-state index in [1.54, 1.807) is 0 Å². The second-order valence-electron chi connectivity index (χ2n) is 5.83. The van der Waals surface area contributed by atoms with Gasteiger partial charge in [0.2, 0.25) is 0 Å². The van der Waals surface area contributed by atoms with Gasteiger partial charge in [0.1, 0.15) is 6.54 Å². The fourth-order valence-electron chi connectivity index (χ4n) is 2.26. The largest absolute Gasteiger partial charge is 0.411 e. The van der Waals surface area contributed by atoms with Crippen LogP contribution in [0.4, 0.5) is 0 Å². The summed E-state index contributed by atoms with van der Waals surface area (Å²) in [5.41, 5.74) is 0. The fraction of sp³-hybridized carbons (Fsp3) is 1.00. The van der Waals surface area contributed by atoms with Crippen LogP contribution in [-0.4, -0.2) is 46.6 Å². The predicted molar refractivity (Wildman–Crippen MR) is 79.9 cm³/mol. The van der Waals surface area contributed by atoms with Gasteiger partial charge in [0.15, 0.2) is 8.32 Å². The van der Waals surface area contributed by atoms with Crippen LogP contribution in [0.15, 0.2) is 0 Å². The van der Waals surface area contributed by atoms with Crippen molar-refractivity contribution in [2.45, 2.75) is 58.7 Å². The van der Waals surface area contributed by atoms with E-state index in [0.717, 1.165) is 17.6 Å². The van der Waals surface area contributed by atoms with Crippen molar-refractivity contribution in [2.24, 2.45) is 0 Å². The van der Waals surface area contributed by atoms with Crippen molar-refractivity contribution in [3.8, 4) is 0 Å². The van der Waals surface area contributed by atoms with E-state index in [2.05, 4.69) is 41.8 Å². The van der Waals surface area contributed by atoms with Crippen LogP contribution in [0.2, 0.25) is 18.1 Å². The van der Waals surface area contributed by atoms with Gasteiger partial charge in [-0.2, -0.15) is 0 Å². The minimum absolute atomic E-state index is 0.957. The maximum Gasteiger partial charge on any atom is 0.192 e. The van der Waals surface area contributed by atoms with E-state index in [1.807, 2.05) is 0 Å². The summed E-state index contributed by atoms with van der Waals surface area (Å²) in [4.78, 5) is 0. The lowest BCUT2D eigenvalue weighted by atomic mass is 10.3. The van der Waals surface area contributed by atoms with Crippen molar-refractivity contribution in [1.82, 2.24) is 0 Å². The first-order chi connectivity index (χ1) is 7.95. The second-order valence-corrected chi connectivity index (χ2v) is 10.6. The van der Waals surface area contributed by atoms with Gasteiger partial charge in [0.25, 0.3) is 0 Å². The average molecular weight is 261 g/mol. The van der Waals surface area contributed by atoms with E-state index in [-0.39, 0.29) is 0 Å². The zero-order valence-electron chi connectivity index (χ0n) is 13.0. The van der Waals surface area contributed by atoms with Crippen LogP contribution in [0.1, 0.15) is 40.5 Å². The van der Waals surface area contributed by atoms with E-state index >= 15 is 0 Å². The maximum absolute atomic E-state index is 6.32. The Kier molecular flexibility index (Phi) is 8.34. The van der Waals surface area contributed by atoms with E-state index in [0.29, 0.717) is 0 Å². The first-order valence-electron chi connectivity index (χ1n) is 7.41. The molecule has 0 amide bonds. The van der Waals surface area contributed by atoms with Crippen molar-refractivity contribution in [1.29, 1.82) is 0 Å². The smallest absolute Gasteiger partial charge is 0.192 e. The summed E-state index contributed by atoms with van der Waals surface area (Å²) in [5, 5.41) is 0. The molecule has 3 heteroatoms. The Morgan fingerprint density at radius 3 is 1.82 bits per heavy atom. The molecule has 0 rings (SSSR count). The molecule has 0 aliphatic heterocycles. The zero-order chi connectivity index (χ0) is 13.4. The van der Waals surface area contributed by atoms with Crippen LogP contribution < -0.4 is 0 Å². The molecule has 0 saturated heterocycles. The molecule has 2 nitrogen and oxygen atoms in total. The first-order valence-corrected chi connectivity index (χ1v) is 9.94. The van der Waals surface area contributed by atoms with Crippen LogP contribution >= 0.6 is 0 Å². The molecule has 0 aromatic rings. The highest BCUT2D eigenvalue weighted by Crippen LogP contribution is 2.21. The number of likely N-dealkylation sites (N-methyl/N-ethyl adjacent to an activating group) is 1. The molecular formula is C14H34NOSi+. The molecule has 104 valence electrons. The van der Waals surface area contributed by atoms with E-state index in [4.69, 9.17) is 4.43 Å². The zero-order valence-corrected chi connectivity index (χ0v) is 14.0. The number of quaternary nitrogens is 1. The number of hydrogen-bond donors (Lipinski definition) is 0. The van der Waals surface area contributed by atoms with Crippen molar-refractivity contribution in [2.75, 3.05) is 33.8 Å². The molecule has 0 radical (unpaired) electrons. The molecule has 0 fully saturated rings. The highest BCUT2D eigenvalue weighted by molar-refractivity contribution is 6.73. The second kappa shape index (κ2) is 8.28. The lowest BCUT2D eigenvalue weighted by molar-refractivity contribution is -0.890. The maximum atomic E-state index is 6.32. The van der Waals surface area contributed by atoms with Crippen molar-refractivity contribution >= 4 is 8.32 Å². The molecule has 0 bridgehead atoms. The molecule has 0 aromatic carbocycles. The van der Waals surface area contributed by atoms with Crippen LogP contribution in [0.3, 0.4) is 0 Å². The topological polar surface area (TPSA) is 9.23 Å². The van der Waals surface area contributed by atoms with Gasteiger partial charge in [-0.15, -0.1) is 0 Å². The van der Waals surface area contributed by atoms with Gasteiger partial charge < -0.3 is 8.91 Å². The minimum atomic E-state index is -1.36. The molecule has 0 N–H and O–H groups in total. The van der Waals surface area contributed by atoms with Gasteiger partial charge in [0, 0.05) is 0 Å². The lowest BCUT2D eigenvalue weighted by Crippen LogP contribution is -2.45. The normalized spacial score (nSPS) is 13.1. The Hall–Kier alpha value is 0.137. The quantitative estimate of drug-likeness (QED) is 0.428. The first kappa shape index (κ1) is 17.1. The van der Waals surface area contributed by atoms with Gasteiger partial charge in [-0.25, -0.2) is 0 Å². The third-order valence-electron chi connectivity index (χ3n) is 4.15. The molecule has 0 saturated carbocycles. The van der Waals surface area contributed by atoms with E-state index < -0.39 is 8.32 Å².